The molecule has 1 heterocycles. The van der Waals surface area contributed by atoms with Gasteiger partial charge in [-0.2, -0.15) is 0 Å². The fourth-order valence-corrected chi connectivity index (χ4v) is 3.09. The molecule has 0 bridgehead atoms. The van der Waals surface area contributed by atoms with Gasteiger partial charge in [0.2, 0.25) is 0 Å². The number of hydrogen-bond acceptors (Lipinski definition) is 2. The number of rotatable bonds is 6. The van der Waals surface area contributed by atoms with Gasteiger partial charge in [-0.1, -0.05) is 41.9 Å². The van der Waals surface area contributed by atoms with E-state index in [4.69, 9.17) is 0 Å². The maximum absolute atomic E-state index is 3.62. The second-order valence-corrected chi connectivity index (χ2v) is 6.73. The fraction of sp³-hybridized carbons (Fsp3) is 0.625. The van der Waals surface area contributed by atoms with E-state index in [1.807, 2.05) is 0 Å². The molecule has 1 aliphatic heterocycles. The molecule has 1 aromatic rings. The van der Waals surface area contributed by atoms with Gasteiger partial charge in [0.15, 0.2) is 0 Å². The van der Waals surface area contributed by atoms with Crippen molar-refractivity contribution in [2.75, 3.05) is 19.6 Å². The Kier molecular flexibility index (Phi) is 5.86. The van der Waals surface area contributed by atoms with Crippen LogP contribution in [-0.4, -0.2) is 30.6 Å². The Morgan fingerprint density at radius 3 is 2.37 bits per heavy atom. The largest absolute Gasteiger partial charge is 0.311 e. The fourth-order valence-electron chi connectivity index (χ4n) is 2.83. The second-order valence-electron chi connectivity index (χ2n) is 5.81. The first kappa shape index (κ1) is 15.0. The van der Waals surface area contributed by atoms with E-state index in [2.05, 4.69) is 64.3 Å². The lowest BCUT2D eigenvalue weighted by Crippen LogP contribution is -2.44. The van der Waals surface area contributed by atoms with Crippen molar-refractivity contribution in [2.24, 2.45) is 5.92 Å². The second kappa shape index (κ2) is 7.41. The number of nitrogens with zero attached hydrogens (tertiary/aromatic N) is 1. The van der Waals surface area contributed by atoms with Crippen molar-refractivity contribution in [1.29, 1.82) is 0 Å². The molecule has 0 aromatic heterocycles. The van der Waals surface area contributed by atoms with E-state index in [-0.39, 0.29) is 0 Å². The molecule has 1 fully saturated rings. The Bertz CT molecular complexity index is 369. The van der Waals surface area contributed by atoms with Crippen LogP contribution in [0.1, 0.15) is 32.3 Å². The van der Waals surface area contributed by atoms with E-state index >= 15 is 0 Å². The predicted molar refractivity (Wildman–Crippen MR) is 85.3 cm³/mol. The third-order valence-electron chi connectivity index (χ3n) is 3.98. The van der Waals surface area contributed by atoms with Crippen LogP contribution >= 0.6 is 15.9 Å². The zero-order chi connectivity index (χ0) is 13.7. The molecule has 19 heavy (non-hydrogen) atoms. The minimum Gasteiger partial charge on any atom is -0.311 e. The molecule has 0 radical (unpaired) electrons. The summed E-state index contributed by atoms with van der Waals surface area (Å²) in [5.41, 5.74) is 1.35. The molecule has 0 spiro atoms. The minimum atomic E-state index is 0.679. The Hall–Kier alpha value is -0.380. The van der Waals surface area contributed by atoms with Crippen molar-refractivity contribution >= 4 is 15.9 Å². The van der Waals surface area contributed by atoms with Crippen molar-refractivity contribution in [3.8, 4) is 0 Å². The number of nitrogens with one attached hydrogen (secondary N) is 1. The summed E-state index contributed by atoms with van der Waals surface area (Å²) in [6.45, 7) is 9.29. The zero-order valence-corrected chi connectivity index (χ0v) is 13.6. The number of likely N-dealkylation sites (tertiary alicyclic amines) is 1. The first-order valence-corrected chi connectivity index (χ1v) is 8.15. The summed E-state index contributed by atoms with van der Waals surface area (Å²) in [6.07, 6.45) is 2.74. The lowest BCUT2D eigenvalue weighted by Gasteiger charge is -2.31. The first-order chi connectivity index (χ1) is 9.16. The standard InChI is InChI=1S/C16H25BrN2/c1-13(2)16(19-9-3-4-10-19)12-18-11-14-5-7-15(17)8-6-14/h5-8,13,16,18H,3-4,9-12H2,1-2H3. The molecule has 1 N–H and O–H groups in total. The Morgan fingerprint density at radius 1 is 1.16 bits per heavy atom. The van der Waals surface area contributed by atoms with Gasteiger partial charge in [0.1, 0.15) is 0 Å². The molecule has 0 amide bonds. The van der Waals surface area contributed by atoms with Crippen LogP contribution in [0.25, 0.3) is 0 Å². The molecule has 2 rings (SSSR count). The molecule has 3 heteroatoms. The van der Waals surface area contributed by atoms with Crippen molar-refractivity contribution < 1.29 is 0 Å². The van der Waals surface area contributed by atoms with Gasteiger partial charge in [-0.15, -0.1) is 0 Å². The van der Waals surface area contributed by atoms with Gasteiger partial charge < -0.3 is 5.32 Å². The number of halogens is 1. The molecule has 1 saturated heterocycles. The van der Waals surface area contributed by atoms with Crippen molar-refractivity contribution in [3.05, 3.63) is 34.3 Å². The number of hydrogen-bond donors (Lipinski definition) is 1. The van der Waals surface area contributed by atoms with Gasteiger partial charge in [-0.3, -0.25) is 4.90 Å². The third kappa shape index (κ3) is 4.59. The molecule has 1 aliphatic rings. The summed E-state index contributed by atoms with van der Waals surface area (Å²) in [7, 11) is 0. The van der Waals surface area contributed by atoms with Gasteiger partial charge in [0, 0.05) is 23.6 Å². The molecule has 1 atom stereocenters. The van der Waals surface area contributed by atoms with E-state index in [1.165, 1.54) is 31.5 Å². The van der Waals surface area contributed by atoms with Crippen LogP contribution < -0.4 is 5.32 Å². The highest BCUT2D eigenvalue weighted by molar-refractivity contribution is 9.10. The Balaban J connectivity index is 1.80. The minimum absolute atomic E-state index is 0.679. The average Bonchev–Trinajstić information content (AvgIpc) is 2.90. The van der Waals surface area contributed by atoms with Crippen molar-refractivity contribution in [1.82, 2.24) is 10.2 Å². The van der Waals surface area contributed by atoms with E-state index in [1.54, 1.807) is 0 Å². The molecule has 0 saturated carbocycles. The van der Waals surface area contributed by atoms with Crippen molar-refractivity contribution in [3.63, 3.8) is 0 Å². The molecule has 2 nitrogen and oxygen atoms in total. The highest BCUT2D eigenvalue weighted by Gasteiger charge is 2.23. The summed E-state index contributed by atoms with van der Waals surface area (Å²) in [6, 6.07) is 9.25. The SMILES string of the molecule is CC(C)C(CNCc1ccc(Br)cc1)N1CCCC1. The van der Waals surface area contributed by atoms with Gasteiger partial charge in [0.25, 0.3) is 0 Å². The first-order valence-electron chi connectivity index (χ1n) is 7.36. The third-order valence-corrected chi connectivity index (χ3v) is 4.50. The van der Waals surface area contributed by atoms with Gasteiger partial charge in [0.05, 0.1) is 0 Å². The van der Waals surface area contributed by atoms with Crippen LogP contribution in [0.2, 0.25) is 0 Å². The quantitative estimate of drug-likeness (QED) is 0.859. The monoisotopic (exact) mass is 324 g/mol. The van der Waals surface area contributed by atoms with Crippen LogP contribution in [0.4, 0.5) is 0 Å². The molecule has 1 unspecified atom stereocenters. The number of benzene rings is 1. The van der Waals surface area contributed by atoms with Gasteiger partial charge in [-0.25, -0.2) is 0 Å². The molecule has 1 aromatic carbocycles. The Labute approximate surface area is 125 Å². The Morgan fingerprint density at radius 2 is 1.79 bits per heavy atom. The van der Waals surface area contributed by atoms with Gasteiger partial charge >= 0.3 is 0 Å². The van der Waals surface area contributed by atoms with Crippen LogP contribution in [-0.2, 0) is 6.54 Å². The summed E-state index contributed by atoms with van der Waals surface area (Å²) in [5.74, 6) is 0.718. The van der Waals surface area contributed by atoms with E-state index in [0.717, 1.165) is 23.5 Å². The predicted octanol–water partition coefficient (Wildman–Crippen LogP) is 3.66. The molecular weight excluding hydrogens is 300 g/mol. The van der Waals surface area contributed by atoms with Crippen LogP contribution in [0, 0.1) is 5.92 Å². The highest BCUT2D eigenvalue weighted by Crippen LogP contribution is 2.17. The topological polar surface area (TPSA) is 15.3 Å². The zero-order valence-electron chi connectivity index (χ0n) is 12.0. The molecule has 106 valence electrons. The average molecular weight is 325 g/mol. The smallest absolute Gasteiger partial charge is 0.0243 e. The van der Waals surface area contributed by atoms with Crippen molar-refractivity contribution in [2.45, 2.75) is 39.3 Å². The molecular formula is C16H25BrN2. The maximum Gasteiger partial charge on any atom is 0.0243 e. The summed E-state index contributed by atoms with van der Waals surface area (Å²) >= 11 is 3.47. The molecule has 0 aliphatic carbocycles. The highest BCUT2D eigenvalue weighted by atomic mass is 79.9. The lowest BCUT2D eigenvalue weighted by molar-refractivity contribution is 0.186. The lowest BCUT2D eigenvalue weighted by atomic mass is 10.0. The van der Waals surface area contributed by atoms with Crippen LogP contribution in [0.3, 0.4) is 0 Å². The summed E-state index contributed by atoms with van der Waals surface area (Å²) in [4.78, 5) is 2.65. The summed E-state index contributed by atoms with van der Waals surface area (Å²) in [5, 5.41) is 3.62. The summed E-state index contributed by atoms with van der Waals surface area (Å²) < 4.78 is 1.15. The van der Waals surface area contributed by atoms with Gasteiger partial charge in [-0.05, 0) is 49.5 Å². The van der Waals surface area contributed by atoms with Crippen LogP contribution in [0.15, 0.2) is 28.7 Å². The normalized spacial score (nSPS) is 18.1. The van der Waals surface area contributed by atoms with E-state index in [0.29, 0.717) is 6.04 Å². The van der Waals surface area contributed by atoms with E-state index in [9.17, 15) is 0 Å². The van der Waals surface area contributed by atoms with E-state index < -0.39 is 0 Å². The van der Waals surface area contributed by atoms with Crippen LogP contribution in [0.5, 0.6) is 0 Å². The maximum atomic E-state index is 3.62.